The number of unbranched alkanes of at least 4 members (excludes halogenated alkanes) is 2. The van der Waals surface area contributed by atoms with Crippen LogP contribution < -0.4 is 5.32 Å². The Hall–Kier alpha value is -2.51. The Bertz CT molecular complexity index is 611. The molecule has 0 saturated heterocycles. The van der Waals surface area contributed by atoms with Gasteiger partial charge in [0.1, 0.15) is 5.69 Å². The molecule has 8 nitrogen and oxygen atoms in total. The maximum atomic E-state index is 10.6. The summed E-state index contributed by atoms with van der Waals surface area (Å²) in [6.07, 6.45) is 2.52. The number of nitrogens with zero attached hydrogens (tertiary/aromatic N) is 3. The number of nitrogens with one attached hydrogen (secondary N) is 1. The van der Waals surface area contributed by atoms with E-state index in [9.17, 15) is 9.70 Å². The van der Waals surface area contributed by atoms with Gasteiger partial charge in [-0.25, -0.2) is 4.63 Å². The normalized spacial score (nSPS) is 10.6. The minimum Gasteiger partial charge on any atom is -0.481 e. The average molecular weight is 278 g/mol. The molecule has 0 saturated carbocycles. The van der Waals surface area contributed by atoms with Crippen LogP contribution in [0.5, 0.6) is 0 Å². The van der Waals surface area contributed by atoms with E-state index in [1.807, 2.05) is 0 Å². The number of benzene rings is 1. The van der Waals surface area contributed by atoms with Gasteiger partial charge >= 0.3 is 5.97 Å². The molecule has 0 aliphatic heterocycles. The number of carboxylic acid groups (broad SMARTS) is 1. The van der Waals surface area contributed by atoms with E-state index < -0.39 is 5.97 Å². The number of carboxylic acids is 1. The molecule has 0 aliphatic carbocycles. The van der Waals surface area contributed by atoms with E-state index in [2.05, 4.69) is 25.4 Å². The number of carbonyl (C=O) groups is 1. The number of aromatic nitrogens is 2. The molecule has 8 heteroatoms. The predicted octanol–water partition coefficient (Wildman–Crippen LogP) is 2.68. The van der Waals surface area contributed by atoms with Crippen LogP contribution in [0.4, 0.5) is 11.4 Å². The summed E-state index contributed by atoms with van der Waals surface area (Å²) in [6.45, 7) is 0.676. The second-order valence-electron chi connectivity index (χ2n) is 4.32. The summed E-state index contributed by atoms with van der Waals surface area (Å²) in [4.78, 5) is 20.9. The second kappa shape index (κ2) is 6.60. The number of nitroso groups, excluding NO2 is 1. The predicted molar refractivity (Wildman–Crippen MR) is 71.9 cm³/mol. The van der Waals surface area contributed by atoms with Gasteiger partial charge in [-0.2, -0.15) is 0 Å². The highest BCUT2D eigenvalue weighted by Gasteiger charge is 2.11. The first-order valence-corrected chi connectivity index (χ1v) is 6.26. The molecule has 2 rings (SSSR count). The molecule has 20 heavy (non-hydrogen) atoms. The fourth-order valence-electron chi connectivity index (χ4n) is 1.87. The molecule has 0 fully saturated rings. The number of aliphatic carboxylic acids is 1. The summed E-state index contributed by atoms with van der Waals surface area (Å²) >= 11 is 0. The highest BCUT2D eigenvalue weighted by molar-refractivity contribution is 5.94. The zero-order valence-corrected chi connectivity index (χ0v) is 10.7. The lowest BCUT2D eigenvalue weighted by atomic mass is 10.2. The fourth-order valence-corrected chi connectivity index (χ4v) is 1.87. The van der Waals surface area contributed by atoms with Crippen LogP contribution in [0, 0.1) is 4.91 Å². The third-order valence-electron chi connectivity index (χ3n) is 2.88. The highest BCUT2D eigenvalue weighted by atomic mass is 16.6. The molecule has 0 bridgehead atoms. The molecule has 0 aliphatic rings. The van der Waals surface area contributed by atoms with E-state index in [0.717, 1.165) is 12.8 Å². The Kier molecular flexibility index (Phi) is 4.59. The Balaban J connectivity index is 1.89. The molecule has 0 unspecified atom stereocenters. The molecular formula is C12H14N4O4. The Morgan fingerprint density at radius 3 is 2.80 bits per heavy atom. The molecule has 1 heterocycles. The number of rotatable bonds is 8. The van der Waals surface area contributed by atoms with Crippen molar-refractivity contribution in [3.8, 4) is 0 Å². The molecule has 0 atom stereocenters. The van der Waals surface area contributed by atoms with Gasteiger partial charge in [-0.1, -0.05) is 6.42 Å². The van der Waals surface area contributed by atoms with Crippen LogP contribution in [0.2, 0.25) is 0 Å². The summed E-state index contributed by atoms with van der Waals surface area (Å²) in [5.41, 5.74) is 1.70. The Morgan fingerprint density at radius 2 is 2.05 bits per heavy atom. The van der Waals surface area contributed by atoms with Crippen LogP contribution in [0.15, 0.2) is 21.9 Å². The fraction of sp³-hybridized carbons (Fsp3) is 0.417. The first-order valence-electron chi connectivity index (χ1n) is 6.26. The van der Waals surface area contributed by atoms with Gasteiger partial charge in [0.15, 0.2) is 11.0 Å². The van der Waals surface area contributed by atoms with Crippen molar-refractivity contribution in [3.05, 3.63) is 17.0 Å². The molecular weight excluding hydrogens is 264 g/mol. The summed E-state index contributed by atoms with van der Waals surface area (Å²) in [7, 11) is 0. The summed E-state index contributed by atoms with van der Waals surface area (Å²) < 4.78 is 4.62. The lowest BCUT2D eigenvalue weighted by molar-refractivity contribution is -0.137. The number of hydrogen-bond donors (Lipinski definition) is 2. The smallest absolute Gasteiger partial charge is 0.303 e. The molecule has 106 valence electrons. The maximum Gasteiger partial charge on any atom is 0.303 e. The molecule has 1 aromatic carbocycles. The van der Waals surface area contributed by atoms with Gasteiger partial charge < -0.3 is 10.4 Å². The van der Waals surface area contributed by atoms with Crippen molar-refractivity contribution in [1.29, 1.82) is 0 Å². The standard InChI is InChI=1S/C12H14N4O4/c17-10(18)4-2-1-3-7-13-8-5-6-9(14-19)12-11(8)15-20-16-12/h5-6,13H,1-4,7H2,(H,17,18). The monoisotopic (exact) mass is 278 g/mol. The third kappa shape index (κ3) is 3.28. The van der Waals surface area contributed by atoms with Crippen LogP contribution >= 0.6 is 0 Å². The number of hydrogen-bond acceptors (Lipinski definition) is 7. The van der Waals surface area contributed by atoms with E-state index in [1.54, 1.807) is 12.1 Å². The van der Waals surface area contributed by atoms with Crippen LogP contribution in [0.25, 0.3) is 11.0 Å². The van der Waals surface area contributed by atoms with Gasteiger partial charge in [0, 0.05) is 13.0 Å². The van der Waals surface area contributed by atoms with Crippen LogP contribution in [-0.2, 0) is 4.79 Å². The van der Waals surface area contributed by atoms with Crippen LogP contribution in [-0.4, -0.2) is 27.9 Å². The highest BCUT2D eigenvalue weighted by Crippen LogP contribution is 2.28. The van der Waals surface area contributed by atoms with Gasteiger partial charge in [-0.15, -0.1) is 4.91 Å². The van der Waals surface area contributed by atoms with Crippen molar-refractivity contribution in [2.24, 2.45) is 5.18 Å². The molecule has 0 spiro atoms. The molecule has 2 aromatic rings. The van der Waals surface area contributed by atoms with Gasteiger partial charge in [-0.05, 0) is 40.5 Å². The van der Waals surface area contributed by atoms with Gasteiger partial charge in [-0.3, -0.25) is 4.79 Å². The first kappa shape index (κ1) is 13.9. The maximum absolute atomic E-state index is 10.6. The van der Waals surface area contributed by atoms with E-state index in [0.29, 0.717) is 29.7 Å². The Labute approximate surface area is 114 Å². The largest absolute Gasteiger partial charge is 0.481 e. The molecule has 0 amide bonds. The molecule has 2 N–H and O–H groups in total. The van der Waals surface area contributed by atoms with Gasteiger partial charge in [0.25, 0.3) is 0 Å². The summed E-state index contributed by atoms with van der Waals surface area (Å²) in [6, 6.07) is 3.24. The minimum atomic E-state index is -0.773. The zero-order valence-electron chi connectivity index (χ0n) is 10.7. The summed E-state index contributed by atoms with van der Waals surface area (Å²) in [5, 5.41) is 21.9. The van der Waals surface area contributed by atoms with Crippen molar-refractivity contribution in [2.75, 3.05) is 11.9 Å². The van der Waals surface area contributed by atoms with Crippen LogP contribution in [0.3, 0.4) is 0 Å². The van der Waals surface area contributed by atoms with E-state index in [1.165, 1.54) is 0 Å². The average Bonchev–Trinajstić information content (AvgIpc) is 2.92. The quantitative estimate of drug-likeness (QED) is 0.562. The van der Waals surface area contributed by atoms with Crippen LogP contribution in [0.1, 0.15) is 25.7 Å². The first-order chi connectivity index (χ1) is 9.72. The van der Waals surface area contributed by atoms with E-state index in [4.69, 9.17) is 5.11 Å². The van der Waals surface area contributed by atoms with Crippen molar-refractivity contribution in [1.82, 2.24) is 10.3 Å². The Morgan fingerprint density at radius 1 is 1.25 bits per heavy atom. The summed E-state index contributed by atoms with van der Waals surface area (Å²) in [5.74, 6) is -0.773. The second-order valence-corrected chi connectivity index (χ2v) is 4.32. The third-order valence-corrected chi connectivity index (χ3v) is 2.88. The number of fused-ring (bicyclic) bond motifs is 1. The van der Waals surface area contributed by atoms with Crippen molar-refractivity contribution in [2.45, 2.75) is 25.7 Å². The van der Waals surface area contributed by atoms with Crippen molar-refractivity contribution in [3.63, 3.8) is 0 Å². The van der Waals surface area contributed by atoms with E-state index >= 15 is 0 Å². The lowest BCUT2D eigenvalue weighted by Crippen LogP contribution is -2.02. The van der Waals surface area contributed by atoms with Crippen molar-refractivity contribution < 1.29 is 14.5 Å². The zero-order chi connectivity index (χ0) is 14.4. The SMILES string of the molecule is O=Nc1ccc(NCCCCCC(=O)O)c2nonc12. The lowest BCUT2D eigenvalue weighted by Gasteiger charge is -2.06. The van der Waals surface area contributed by atoms with Crippen molar-refractivity contribution >= 4 is 28.4 Å². The molecule has 1 aromatic heterocycles. The minimum absolute atomic E-state index is 0.188. The molecule has 0 radical (unpaired) electrons. The van der Waals surface area contributed by atoms with Gasteiger partial charge in [0.05, 0.1) is 5.69 Å². The number of anilines is 1. The topological polar surface area (TPSA) is 118 Å². The van der Waals surface area contributed by atoms with E-state index in [-0.39, 0.29) is 12.1 Å². The van der Waals surface area contributed by atoms with Gasteiger partial charge in [0.2, 0.25) is 0 Å².